The van der Waals surface area contributed by atoms with Crippen LogP contribution in [0, 0.1) is 0 Å². The summed E-state index contributed by atoms with van der Waals surface area (Å²) in [4.78, 5) is 27.8. The fourth-order valence-electron chi connectivity index (χ4n) is 3.73. The zero-order valence-electron chi connectivity index (χ0n) is 15.4. The number of carbonyl (C=O) groups excluding carboxylic acids is 1. The lowest BCUT2D eigenvalue weighted by molar-refractivity contribution is -0.129. The van der Waals surface area contributed by atoms with Gasteiger partial charge in [0, 0.05) is 66.0 Å². The van der Waals surface area contributed by atoms with E-state index in [0.717, 1.165) is 76.6 Å². The predicted octanol–water partition coefficient (Wildman–Crippen LogP) is 0.924. The zero-order chi connectivity index (χ0) is 17.6. The molecule has 0 radical (unpaired) electrons. The average molecular weight is 347 g/mol. The summed E-state index contributed by atoms with van der Waals surface area (Å²) in [5.41, 5.74) is 1.93. The minimum Gasteiger partial charge on any atom is -0.383 e. The van der Waals surface area contributed by atoms with Gasteiger partial charge in [-0.05, 0) is 12.8 Å². The van der Waals surface area contributed by atoms with Gasteiger partial charge in [-0.15, -0.1) is 0 Å². The van der Waals surface area contributed by atoms with E-state index in [1.54, 1.807) is 14.0 Å². The highest BCUT2D eigenvalue weighted by molar-refractivity contribution is 5.74. The number of ether oxygens (including phenoxy) is 1. The van der Waals surface area contributed by atoms with Gasteiger partial charge < -0.3 is 9.64 Å². The van der Waals surface area contributed by atoms with Crippen molar-refractivity contribution in [3.63, 3.8) is 0 Å². The molecule has 2 aliphatic heterocycles. The topological polar surface area (TPSA) is 61.8 Å². The molecule has 1 aromatic rings. The van der Waals surface area contributed by atoms with Gasteiger partial charge in [-0.25, -0.2) is 0 Å². The lowest BCUT2D eigenvalue weighted by Crippen LogP contribution is -2.46. The van der Waals surface area contributed by atoms with E-state index in [0.29, 0.717) is 0 Å². The summed E-state index contributed by atoms with van der Waals surface area (Å²) in [6.45, 7) is 9.30. The Morgan fingerprint density at radius 3 is 2.68 bits per heavy atom. The van der Waals surface area contributed by atoms with Gasteiger partial charge in [0.15, 0.2) is 0 Å². The van der Waals surface area contributed by atoms with Crippen LogP contribution in [0.1, 0.15) is 37.2 Å². The molecule has 0 saturated carbocycles. The third kappa shape index (κ3) is 4.74. The second-order valence-electron chi connectivity index (χ2n) is 6.92. The number of nitrogens with zero attached hydrogens (tertiary/aromatic N) is 5. The Labute approximate surface area is 150 Å². The SMILES string of the molecule is COCCN1CCN(Cc2cncc([C@@H]3CCCN3C(C)=O)n2)CC1. The number of piperazine rings is 1. The standard InChI is InChI=1S/C18H29N5O2/c1-15(24)23-5-3-4-18(23)17-13-19-12-16(20-17)14-22-8-6-21(7-9-22)10-11-25-2/h12-13,18H,3-11,14H2,1-2H3/t18-/m0/s1. The van der Waals surface area contributed by atoms with Crippen LogP contribution in [0.2, 0.25) is 0 Å². The smallest absolute Gasteiger partial charge is 0.220 e. The van der Waals surface area contributed by atoms with Crippen LogP contribution in [0.5, 0.6) is 0 Å². The van der Waals surface area contributed by atoms with Gasteiger partial charge >= 0.3 is 0 Å². The molecule has 7 heteroatoms. The molecule has 0 N–H and O–H groups in total. The molecule has 1 amide bonds. The van der Waals surface area contributed by atoms with Crippen molar-refractivity contribution in [1.82, 2.24) is 24.7 Å². The van der Waals surface area contributed by atoms with E-state index in [9.17, 15) is 4.79 Å². The first-order valence-electron chi connectivity index (χ1n) is 9.19. The molecule has 0 bridgehead atoms. The maximum absolute atomic E-state index is 11.8. The van der Waals surface area contributed by atoms with Crippen LogP contribution in [-0.4, -0.2) is 83.6 Å². The zero-order valence-corrected chi connectivity index (χ0v) is 15.4. The van der Waals surface area contributed by atoms with Gasteiger partial charge in [-0.3, -0.25) is 24.6 Å². The summed E-state index contributed by atoms with van der Waals surface area (Å²) in [5, 5.41) is 0. The molecule has 0 aliphatic carbocycles. The lowest BCUT2D eigenvalue weighted by Gasteiger charge is -2.34. The van der Waals surface area contributed by atoms with Crippen molar-refractivity contribution in [2.45, 2.75) is 32.4 Å². The summed E-state index contributed by atoms with van der Waals surface area (Å²) in [7, 11) is 1.75. The molecule has 1 aromatic heterocycles. The number of rotatable bonds is 6. The van der Waals surface area contributed by atoms with Crippen molar-refractivity contribution >= 4 is 5.91 Å². The van der Waals surface area contributed by atoms with Crippen molar-refractivity contribution in [3.05, 3.63) is 23.8 Å². The first kappa shape index (κ1) is 18.2. The van der Waals surface area contributed by atoms with Crippen LogP contribution in [-0.2, 0) is 16.1 Å². The van der Waals surface area contributed by atoms with Crippen molar-refractivity contribution in [3.8, 4) is 0 Å². The van der Waals surface area contributed by atoms with Gasteiger partial charge in [0.05, 0.1) is 30.2 Å². The van der Waals surface area contributed by atoms with Crippen LogP contribution in [0.25, 0.3) is 0 Å². The van der Waals surface area contributed by atoms with E-state index in [2.05, 4.69) is 14.8 Å². The molecule has 3 rings (SSSR count). The van der Waals surface area contributed by atoms with Crippen molar-refractivity contribution in [2.24, 2.45) is 0 Å². The second kappa shape index (κ2) is 8.69. The highest BCUT2D eigenvalue weighted by atomic mass is 16.5. The number of methoxy groups -OCH3 is 1. The molecule has 0 aromatic carbocycles. The minimum atomic E-state index is 0.0934. The summed E-state index contributed by atoms with van der Waals surface area (Å²) < 4.78 is 5.15. The van der Waals surface area contributed by atoms with Gasteiger partial charge in [0.1, 0.15) is 0 Å². The van der Waals surface area contributed by atoms with Gasteiger partial charge in [-0.1, -0.05) is 0 Å². The number of likely N-dealkylation sites (tertiary alicyclic amines) is 1. The molecular formula is C18H29N5O2. The molecule has 25 heavy (non-hydrogen) atoms. The normalized spacial score (nSPS) is 22.5. The first-order chi connectivity index (χ1) is 12.2. The van der Waals surface area contributed by atoms with Gasteiger partial charge in [-0.2, -0.15) is 0 Å². The molecule has 3 heterocycles. The lowest BCUT2D eigenvalue weighted by atomic mass is 10.1. The van der Waals surface area contributed by atoms with Crippen LogP contribution in [0.3, 0.4) is 0 Å². The van der Waals surface area contributed by atoms with Crippen molar-refractivity contribution in [1.29, 1.82) is 0 Å². The minimum absolute atomic E-state index is 0.0934. The van der Waals surface area contributed by atoms with Crippen LogP contribution in [0.4, 0.5) is 0 Å². The first-order valence-corrected chi connectivity index (χ1v) is 9.19. The van der Waals surface area contributed by atoms with E-state index < -0.39 is 0 Å². The second-order valence-corrected chi connectivity index (χ2v) is 6.92. The quantitative estimate of drug-likeness (QED) is 0.763. The number of amides is 1. The molecular weight excluding hydrogens is 318 g/mol. The Morgan fingerprint density at radius 2 is 1.96 bits per heavy atom. The maximum Gasteiger partial charge on any atom is 0.220 e. The van der Waals surface area contributed by atoms with Gasteiger partial charge in [0.25, 0.3) is 0 Å². The third-order valence-electron chi connectivity index (χ3n) is 5.16. The molecule has 138 valence electrons. The van der Waals surface area contributed by atoms with Crippen molar-refractivity contribution < 1.29 is 9.53 Å². The number of hydrogen-bond donors (Lipinski definition) is 0. The predicted molar refractivity (Wildman–Crippen MR) is 95.0 cm³/mol. The molecule has 2 saturated heterocycles. The molecule has 0 spiro atoms. The molecule has 1 atom stereocenters. The number of hydrogen-bond acceptors (Lipinski definition) is 6. The Morgan fingerprint density at radius 1 is 1.20 bits per heavy atom. The van der Waals surface area contributed by atoms with E-state index in [4.69, 9.17) is 9.72 Å². The fourth-order valence-corrected chi connectivity index (χ4v) is 3.73. The summed E-state index contributed by atoms with van der Waals surface area (Å²) in [5.74, 6) is 0.127. The van der Waals surface area contributed by atoms with Crippen LogP contribution >= 0.6 is 0 Å². The average Bonchev–Trinajstić information content (AvgIpc) is 3.11. The highest BCUT2D eigenvalue weighted by Crippen LogP contribution is 2.30. The Bertz CT molecular complexity index is 574. The molecule has 0 unspecified atom stereocenters. The molecule has 7 nitrogen and oxygen atoms in total. The monoisotopic (exact) mass is 347 g/mol. The number of carbonyl (C=O) groups is 1. The summed E-state index contributed by atoms with van der Waals surface area (Å²) in [6.07, 6.45) is 5.70. The fraction of sp³-hybridized carbons (Fsp3) is 0.722. The largest absolute Gasteiger partial charge is 0.383 e. The molecule has 2 aliphatic rings. The summed E-state index contributed by atoms with van der Waals surface area (Å²) in [6, 6.07) is 0.0934. The van der Waals surface area contributed by atoms with Crippen molar-refractivity contribution in [2.75, 3.05) is 53.0 Å². The Balaban J connectivity index is 1.57. The Hall–Kier alpha value is -1.57. The summed E-state index contributed by atoms with van der Waals surface area (Å²) >= 11 is 0. The Kier molecular flexibility index (Phi) is 6.34. The van der Waals surface area contributed by atoms with Crippen LogP contribution in [0.15, 0.2) is 12.4 Å². The van der Waals surface area contributed by atoms with E-state index >= 15 is 0 Å². The van der Waals surface area contributed by atoms with E-state index in [1.165, 1.54) is 0 Å². The maximum atomic E-state index is 11.8. The van der Waals surface area contributed by atoms with E-state index in [-0.39, 0.29) is 11.9 Å². The highest BCUT2D eigenvalue weighted by Gasteiger charge is 2.29. The third-order valence-corrected chi connectivity index (χ3v) is 5.16. The molecule has 2 fully saturated rings. The van der Waals surface area contributed by atoms with Gasteiger partial charge in [0.2, 0.25) is 5.91 Å². The number of aromatic nitrogens is 2. The van der Waals surface area contributed by atoms with E-state index in [1.807, 2.05) is 17.3 Å². The van der Waals surface area contributed by atoms with Crippen LogP contribution < -0.4 is 0 Å².